The van der Waals surface area contributed by atoms with Gasteiger partial charge in [0, 0.05) is 29.5 Å². The lowest BCUT2D eigenvalue weighted by molar-refractivity contribution is -0.384. The van der Waals surface area contributed by atoms with Gasteiger partial charge < -0.3 is 10.3 Å². The zero-order valence-corrected chi connectivity index (χ0v) is 11.7. The van der Waals surface area contributed by atoms with Crippen LogP contribution in [-0.2, 0) is 0 Å². The van der Waals surface area contributed by atoms with Crippen LogP contribution in [0.1, 0.15) is 5.56 Å². The van der Waals surface area contributed by atoms with Crippen molar-refractivity contribution in [1.82, 2.24) is 9.97 Å². The van der Waals surface area contributed by atoms with Crippen molar-refractivity contribution in [2.75, 3.05) is 5.32 Å². The summed E-state index contributed by atoms with van der Waals surface area (Å²) in [6, 6.07) is 8.08. The Morgan fingerprint density at radius 1 is 1.23 bits per heavy atom. The normalized spacial score (nSPS) is 10.6. The van der Waals surface area contributed by atoms with Gasteiger partial charge in [-0.05, 0) is 42.1 Å². The molecule has 0 fully saturated rings. The molecule has 0 aliphatic heterocycles. The highest BCUT2D eigenvalue weighted by Gasteiger charge is 2.15. The van der Waals surface area contributed by atoms with E-state index >= 15 is 0 Å². The molecule has 0 aliphatic rings. The zero-order valence-electron chi connectivity index (χ0n) is 11.7. The fraction of sp³-hybridized carbons (Fsp3) is 0.0667. The summed E-state index contributed by atoms with van der Waals surface area (Å²) in [4.78, 5) is 28.9. The largest absolute Gasteiger partial charge is 0.334 e. The van der Waals surface area contributed by atoms with Crippen LogP contribution >= 0.6 is 0 Å². The second-order valence-corrected chi connectivity index (χ2v) is 4.76. The first-order valence-corrected chi connectivity index (χ1v) is 6.55. The van der Waals surface area contributed by atoms with E-state index in [-0.39, 0.29) is 17.1 Å². The van der Waals surface area contributed by atoms with Crippen molar-refractivity contribution in [2.24, 2.45) is 0 Å². The minimum absolute atomic E-state index is 0.104. The summed E-state index contributed by atoms with van der Waals surface area (Å²) in [7, 11) is 0. The van der Waals surface area contributed by atoms with Crippen LogP contribution in [0.5, 0.6) is 0 Å². The number of H-pyrrole nitrogens is 1. The third kappa shape index (κ3) is 2.28. The number of hydrogen-bond acceptors (Lipinski definition) is 5. The topological polar surface area (TPSA) is 101 Å². The first-order valence-electron chi connectivity index (χ1n) is 6.55. The molecule has 2 N–H and O–H groups in total. The van der Waals surface area contributed by atoms with Crippen LogP contribution < -0.4 is 10.9 Å². The lowest BCUT2D eigenvalue weighted by atomic mass is 10.1. The molecule has 0 amide bonds. The summed E-state index contributed by atoms with van der Waals surface area (Å²) in [5.74, 6) is 0.166. The van der Waals surface area contributed by atoms with E-state index in [2.05, 4.69) is 15.3 Å². The van der Waals surface area contributed by atoms with Crippen LogP contribution in [0.25, 0.3) is 10.8 Å². The van der Waals surface area contributed by atoms with Crippen molar-refractivity contribution >= 4 is 28.0 Å². The molecule has 0 atom stereocenters. The molecule has 3 rings (SSSR count). The second-order valence-electron chi connectivity index (χ2n) is 4.76. The quantitative estimate of drug-likeness (QED) is 0.571. The Labute approximate surface area is 124 Å². The van der Waals surface area contributed by atoms with Gasteiger partial charge in [-0.3, -0.25) is 14.9 Å². The molecule has 7 nitrogen and oxygen atoms in total. The maximum Gasteiger partial charge on any atom is 0.311 e. The van der Waals surface area contributed by atoms with Crippen molar-refractivity contribution in [3.05, 3.63) is 68.8 Å². The molecule has 110 valence electrons. The minimum atomic E-state index is -0.490. The first-order chi connectivity index (χ1) is 10.6. The van der Waals surface area contributed by atoms with Crippen molar-refractivity contribution in [2.45, 2.75) is 6.92 Å². The number of pyridine rings is 2. The highest BCUT2D eigenvalue weighted by Crippen LogP contribution is 2.29. The van der Waals surface area contributed by atoms with E-state index in [9.17, 15) is 14.9 Å². The Hall–Kier alpha value is -3.22. The zero-order chi connectivity index (χ0) is 15.7. The fourth-order valence-electron chi connectivity index (χ4n) is 2.32. The molecule has 3 aromatic rings. The Morgan fingerprint density at radius 3 is 2.82 bits per heavy atom. The number of rotatable bonds is 3. The number of nitrogens with zero attached hydrogens (tertiary/aromatic N) is 2. The van der Waals surface area contributed by atoms with Gasteiger partial charge in [-0.1, -0.05) is 0 Å². The van der Waals surface area contributed by atoms with Crippen molar-refractivity contribution in [3.8, 4) is 0 Å². The molecule has 22 heavy (non-hydrogen) atoms. The molecule has 0 aliphatic carbocycles. The molecular weight excluding hydrogens is 284 g/mol. The number of nitrogens with one attached hydrogen (secondary N) is 2. The Morgan fingerprint density at radius 2 is 2.05 bits per heavy atom. The number of aryl methyl sites for hydroxylation is 1. The smallest absolute Gasteiger partial charge is 0.311 e. The standard InChI is InChI=1S/C15H12N4O3/c1-9-10-6-8-17-15(20)11(10)4-5-12(9)18-14-13(19(21)22)3-2-7-16-14/h2-8H,1H3,(H,16,18)(H,17,20). The maximum absolute atomic E-state index is 11.8. The van der Waals surface area contributed by atoms with Gasteiger partial charge in [-0.2, -0.15) is 0 Å². The van der Waals surface area contributed by atoms with Crippen molar-refractivity contribution < 1.29 is 4.92 Å². The summed E-state index contributed by atoms with van der Waals surface area (Å²) in [6.07, 6.45) is 3.06. The molecule has 0 saturated carbocycles. The summed E-state index contributed by atoms with van der Waals surface area (Å²) in [5, 5.41) is 15.4. The van der Waals surface area contributed by atoms with Gasteiger partial charge >= 0.3 is 5.69 Å². The minimum Gasteiger partial charge on any atom is -0.334 e. The molecule has 0 bridgehead atoms. The fourth-order valence-corrected chi connectivity index (χ4v) is 2.32. The molecule has 2 heterocycles. The number of aromatic amines is 1. The molecule has 7 heteroatoms. The van der Waals surface area contributed by atoms with Crippen molar-refractivity contribution in [3.63, 3.8) is 0 Å². The van der Waals surface area contributed by atoms with E-state index in [1.807, 2.05) is 6.92 Å². The molecule has 0 unspecified atom stereocenters. The van der Waals surface area contributed by atoms with Crippen molar-refractivity contribution in [1.29, 1.82) is 0 Å². The Bertz CT molecular complexity index is 933. The monoisotopic (exact) mass is 296 g/mol. The predicted octanol–water partition coefficient (Wildman–Crippen LogP) is 2.88. The first kappa shape index (κ1) is 13.7. The average molecular weight is 296 g/mol. The third-order valence-electron chi connectivity index (χ3n) is 3.46. The van der Waals surface area contributed by atoms with Gasteiger partial charge in [0.15, 0.2) is 0 Å². The molecule has 0 radical (unpaired) electrons. The van der Waals surface area contributed by atoms with Crippen LogP contribution in [-0.4, -0.2) is 14.9 Å². The third-order valence-corrected chi connectivity index (χ3v) is 3.46. The molecule has 1 aromatic carbocycles. The van der Waals surface area contributed by atoms with E-state index in [0.29, 0.717) is 11.1 Å². The van der Waals surface area contributed by atoms with Gasteiger partial charge in [-0.15, -0.1) is 0 Å². The summed E-state index contributed by atoms with van der Waals surface area (Å²) in [6.45, 7) is 1.85. The van der Waals surface area contributed by atoms with Crippen LogP contribution in [0.3, 0.4) is 0 Å². The van der Waals surface area contributed by atoms with Gasteiger partial charge in [0.05, 0.1) is 4.92 Å². The highest BCUT2D eigenvalue weighted by molar-refractivity contribution is 5.90. The number of benzene rings is 1. The highest BCUT2D eigenvalue weighted by atomic mass is 16.6. The number of aromatic nitrogens is 2. The summed E-state index contributed by atoms with van der Waals surface area (Å²) < 4.78 is 0. The van der Waals surface area contributed by atoms with Gasteiger partial charge in [0.2, 0.25) is 5.82 Å². The second kappa shape index (κ2) is 5.28. The molecule has 0 saturated heterocycles. The number of anilines is 2. The van der Waals surface area contributed by atoms with E-state index in [1.54, 1.807) is 24.4 Å². The SMILES string of the molecule is Cc1c(Nc2ncccc2[N+](=O)[O-])ccc2c(=O)[nH]ccc12. The van der Waals surface area contributed by atoms with Crippen LogP contribution in [0, 0.1) is 17.0 Å². The van der Waals surface area contributed by atoms with E-state index in [0.717, 1.165) is 10.9 Å². The van der Waals surface area contributed by atoms with Crippen LogP contribution in [0.2, 0.25) is 0 Å². The lowest BCUT2D eigenvalue weighted by Crippen LogP contribution is -2.06. The average Bonchev–Trinajstić information content (AvgIpc) is 2.51. The number of hydrogen-bond donors (Lipinski definition) is 2. The molecule has 2 aromatic heterocycles. The van der Waals surface area contributed by atoms with E-state index in [1.165, 1.54) is 18.3 Å². The lowest BCUT2D eigenvalue weighted by Gasteiger charge is -2.11. The van der Waals surface area contributed by atoms with Gasteiger partial charge in [0.25, 0.3) is 5.56 Å². The summed E-state index contributed by atoms with van der Waals surface area (Å²) in [5.41, 5.74) is 1.22. The molecular formula is C15H12N4O3. The maximum atomic E-state index is 11.8. The Kier molecular flexibility index (Phi) is 3.30. The van der Waals surface area contributed by atoms with E-state index < -0.39 is 4.92 Å². The van der Waals surface area contributed by atoms with Gasteiger partial charge in [0.1, 0.15) is 0 Å². The molecule has 0 spiro atoms. The summed E-state index contributed by atoms with van der Waals surface area (Å²) >= 11 is 0. The predicted molar refractivity (Wildman–Crippen MR) is 83.5 cm³/mol. The van der Waals surface area contributed by atoms with E-state index in [4.69, 9.17) is 0 Å². The number of fused-ring (bicyclic) bond motifs is 1. The van der Waals surface area contributed by atoms with Gasteiger partial charge in [-0.25, -0.2) is 4.98 Å². The van der Waals surface area contributed by atoms with Crippen LogP contribution in [0.15, 0.2) is 47.5 Å². The van der Waals surface area contributed by atoms with Crippen LogP contribution in [0.4, 0.5) is 17.2 Å². The Balaban J connectivity index is 2.11. The number of nitro groups is 1.